The molecule has 0 saturated carbocycles. The normalized spacial score (nSPS) is 15.3. The first-order chi connectivity index (χ1) is 10.1. The predicted molar refractivity (Wildman–Crippen MR) is 89.4 cm³/mol. The van der Waals surface area contributed by atoms with Crippen LogP contribution in [0.3, 0.4) is 0 Å². The van der Waals surface area contributed by atoms with Gasteiger partial charge in [0.05, 0.1) is 4.34 Å². The first-order valence-electron chi connectivity index (χ1n) is 7.10. The molecule has 3 rings (SSSR count). The van der Waals surface area contributed by atoms with Crippen molar-refractivity contribution in [1.29, 1.82) is 0 Å². The SMILES string of the molecule is CN1CCc2cc(CNCC(O)c3ccc(Cl)s3)ccc21. The van der Waals surface area contributed by atoms with Gasteiger partial charge in [-0.1, -0.05) is 23.7 Å². The van der Waals surface area contributed by atoms with E-state index in [-0.39, 0.29) is 0 Å². The van der Waals surface area contributed by atoms with Gasteiger partial charge in [-0.3, -0.25) is 0 Å². The van der Waals surface area contributed by atoms with Crippen LogP contribution in [0.15, 0.2) is 30.3 Å². The van der Waals surface area contributed by atoms with Gasteiger partial charge >= 0.3 is 0 Å². The number of benzene rings is 1. The van der Waals surface area contributed by atoms with Crippen LogP contribution in [0.4, 0.5) is 5.69 Å². The summed E-state index contributed by atoms with van der Waals surface area (Å²) in [5, 5.41) is 13.4. The molecule has 2 aromatic rings. The van der Waals surface area contributed by atoms with E-state index in [0.29, 0.717) is 10.9 Å². The molecule has 1 atom stereocenters. The Labute approximate surface area is 134 Å². The fourth-order valence-corrected chi connectivity index (χ4v) is 3.74. The highest BCUT2D eigenvalue weighted by atomic mass is 35.5. The molecule has 21 heavy (non-hydrogen) atoms. The van der Waals surface area contributed by atoms with Crippen LogP contribution in [0, 0.1) is 0 Å². The van der Waals surface area contributed by atoms with E-state index in [1.807, 2.05) is 12.1 Å². The number of rotatable bonds is 5. The van der Waals surface area contributed by atoms with E-state index in [1.165, 1.54) is 28.2 Å². The van der Waals surface area contributed by atoms with Crippen LogP contribution in [-0.4, -0.2) is 25.2 Å². The molecule has 2 heterocycles. The highest BCUT2D eigenvalue weighted by molar-refractivity contribution is 7.16. The maximum absolute atomic E-state index is 10.1. The lowest BCUT2D eigenvalue weighted by atomic mass is 10.1. The van der Waals surface area contributed by atoms with Crippen LogP contribution >= 0.6 is 22.9 Å². The van der Waals surface area contributed by atoms with Gasteiger partial charge in [-0.2, -0.15) is 0 Å². The van der Waals surface area contributed by atoms with Gasteiger partial charge in [-0.15, -0.1) is 11.3 Å². The Morgan fingerprint density at radius 1 is 1.38 bits per heavy atom. The lowest BCUT2D eigenvalue weighted by molar-refractivity contribution is 0.178. The fourth-order valence-electron chi connectivity index (χ4n) is 2.69. The van der Waals surface area contributed by atoms with Gasteiger partial charge in [0, 0.05) is 37.2 Å². The maximum Gasteiger partial charge on any atom is 0.101 e. The average Bonchev–Trinajstić information content (AvgIpc) is 3.06. The van der Waals surface area contributed by atoms with E-state index >= 15 is 0 Å². The summed E-state index contributed by atoms with van der Waals surface area (Å²) in [6.07, 6.45) is 0.624. The molecule has 1 aromatic heterocycles. The Morgan fingerprint density at radius 2 is 2.24 bits per heavy atom. The molecule has 0 bridgehead atoms. The summed E-state index contributed by atoms with van der Waals surface area (Å²) in [6, 6.07) is 10.3. The van der Waals surface area contributed by atoms with Crippen LogP contribution < -0.4 is 10.2 Å². The summed E-state index contributed by atoms with van der Waals surface area (Å²) >= 11 is 7.31. The van der Waals surface area contributed by atoms with E-state index in [9.17, 15) is 5.11 Å². The highest BCUT2D eigenvalue weighted by Gasteiger charge is 2.15. The lowest BCUT2D eigenvalue weighted by Gasteiger charge is -2.13. The number of fused-ring (bicyclic) bond motifs is 1. The van der Waals surface area contributed by atoms with Crippen molar-refractivity contribution in [3.8, 4) is 0 Å². The minimum atomic E-state index is -0.497. The summed E-state index contributed by atoms with van der Waals surface area (Å²) in [7, 11) is 2.13. The summed E-state index contributed by atoms with van der Waals surface area (Å²) in [5.41, 5.74) is 4.02. The van der Waals surface area contributed by atoms with Crippen molar-refractivity contribution in [3.63, 3.8) is 0 Å². The molecule has 5 heteroatoms. The first kappa shape index (κ1) is 14.9. The number of aliphatic hydroxyl groups is 1. The number of likely N-dealkylation sites (N-methyl/N-ethyl adjacent to an activating group) is 1. The summed E-state index contributed by atoms with van der Waals surface area (Å²) in [6.45, 7) is 2.41. The van der Waals surface area contributed by atoms with Crippen LogP contribution in [0.5, 0.6) is 0 Å². The molecule has 0 spiro atoms. The van der Waals surface area contributed by atoms with Gasteiger partial charge in [0.25, 0.3) is 0 Å². The third-order valence-electron chi connectivity index (χ3n) is 3.86. The van der Waals surface area contributed by atoms with E-state index < -0.39 is 6.10 Å². The van der Waals surface area contributed by atoms with Crippen molar-refractivity contribution in [1.82, 2.24) is 5.32 Å². The predicted octanol–water partition coefficient (Wildman–Crippen LogP) is 3.22. The number of aliphatic hydroxyl groups excluding tert-OH is 1. The van der Waals surface area contributed by atoms with E-state index in [0.717, 1.165) is 24.4 Å². The Balaban J connectivity index is 1.54. The molecule has 1 aliphatic heterocycles. The zero-order valence-electron chi connectivity index (χ0n) is 12.0. The summed E-state index contributed by atoms with van der Waals surface area (Å²) < 4.78 is 0.715. The van der Waals surface area contributed by atoms with Gasteiger partial charge in [0.15, 0.2) is 0 Å². The molecule has 1 aromatic carbocycles. The fraction of sp³-hybridized carbons (Fsp3) is 0.375. The van der Waals surface area contributed by atoms with Crippen LogP contribution in [-0.2, 0) is 13.0 Å². The Morgan fingerprint density at radius 3 is 3.00 bits per heavy atom. The quantitative estimate of drug-likeness (QED) is 0.887. The third-order valence-corrected chi connectivity index (χ3v) is 5.19. The Hall–Kier alpha value is -1.07. The van der Waals surface area contributed by atoms with E-state index in [4.69, 9.17) is 11.6 Å². The molecule has 0 saturated heterocycles. The molecule has 112 valence electrons. The number of hydrogen-bond donors (Lipinski definition) is 2. The second-order valence-corrected chi connectivity index (χ2v) is 7.17. The smallest absolute Gasteiger partial charge is 0.101 e. The van der Waals surface area contributed by atoms with Crippen LogP contribution in [0.2, 0.25) is 4.34 Å². The van der Waals surface area contributed by atoms with Crippen LogP contribution in [0.1, 0.15) is 22.1 Å². The number of thiophene rings is 1. The molecule has 0 aliphatic carbocycles. The molecule has 1 aliphatic rings. The molecule has 0 fully saturated rings. The maximum atomic E-state index is 10.1. The molecule has 2 N–H and O–H groups in total. The molecule has 0 radical (unpaired) electrons. The number of nitrogens with one attached hydrogen (secondary N) is 1. The van der Waals surface area contributed by atoms with Gasteiger partial charge in [0.1, 0.15) is 6.10 Å². The van der Waals surface area contributed by atoms with Gasteiger partial charge in [0.2, 0.25) is 0 Å². The van der Waals surface area contributed by atoms with Crippen LogP contribution in [0.25, 0.3) is 0 Å². The minimum absolute atomic E-state index is 0.497. The molecular weight excluding hydrogens is 304 g/mol. The van der Waals surface area contributed by atoms with Crippen molar-refractivity contribution in [2.45, 2.75) is 19.1 Å². The van der Waals surface area contributed by atoms with Crippen molar-refractivity contribution < 1.29 is 5.11 Å². The Kier molecular flexibility index (Phi) is 4.50. The lowest BCUT2D eigenvalue weighted by Crippen LogP contribution is -2.20. The summed E-state index contributed by atoms with van der Waals surface area (Å²) in [5.74, 6) is 0. The monoisotopic (exact) mass is 322 g/mol. The van der Waals surface area contributed by atoms with Crippen molar-refractivity contribution in [2.24, 2.45) is 0 Å². The zero-order chi connectivity index (χ0) is 14.8. The highest BCUT2D eigenvalue weighted by Crippen LogP contribution is 2.28. The Bertz CT molecular complexity index is 628. The first-order valence-corrected chi connectivity index (χ1v) is 8.30. The number of halogens is 1. The zero-order valence-corrected chi connectivity index (χ0v) is 13.5. The van der Waals surface area contributed by atoms with Gasteiger partial charge < -0.3 is 15.3 Å². The van der Waals surface area contributed by atoms with Gasteiger partial charge in [-0.25, -0.2) is 0 Å². The molecule has 1 unspecified atom stereocenters. The van der Waals surface area contributed by atoms with Crippen molar-refractivity contribution in [3.05, 3.63) is 50.7 Å². The van der Waals surface area contributed by atoms with Crippen molar-refractivity contribution in [2.75, 3.05) is 25.0 Å². The standard InChI is InChI=1S/C16H19ClN2OS/c1-19-7-6-12-8-11(2-3-13(12)19)9-18-10-14(20)15-4-5-16(17)21-15/h2-5,8,14,18,20H,6-7,9-10H2,1H3. The molecule has 3 nitrogen and oxygen atoms in total. The topological polar surface area (TPSA) is 35.5 Å². The molecule has 0 amide bonds. The third kappa shape index (κ3) is 3.40. The minimum Gasteiger partial charge on any atom is -0.386 e. The largest absolute Gasteiger partial charge is 0.386 e. The number of hydrogen-bond acceptors (Lipinski definition) is 4. The second-order valence-electron chi connectivity index (χ2n) is 5.42. The van der Waals surface area contributed by atoms with E-state index in [2.05, 4.69) is 35.5 Å². The van der Waals surface area contributed by atoms with Gasteiger partial charge in [-0.05, 0) is 35.7 Å². The summed E-state index contributed by atoms with van der Waals surface area (Å²) in [4.78, 5) is 3.19. The van der Waals surface area contributed by atoms with Crippen molar-refractivity contribution >= 4 is 28.6 Å². The molecular formula is C16H19ClN2OS. The second kappa shape index (κ2) is 6.36. The van der Waals surface area contributed by atoms with E-state index in [1.54, 1.807) is 0 Å². The number of nitrogens with zero attached hydrogens (tertiary/aromatic N) is 1. The average molecular weight is 323 g/mol. The number of anilines is 1.